The van der Waals surface area contributed by atoms with Crippen molar-refractivity contribution >= 4 is 17.3 Å². The van der Waals surface area contributed by atoms with Crippen LogP contribution in [0.4, 0.5) is 15.8 Å². The van der Waals surface area contributed by atoms with Crippen LogP contribution in [0.2, 0.25) is 0 Å². The molecule has 0 aliphatic carbocycles. The highest BCUT2D eigenvalue weighted by molar-refractivity contribution is 6.00. The summed E-state index contributed by atoms with van der Waals surface area (Å²) in [6.07, 6.45) is 2.88. The second kappa shape index (κ2) is 8.57. The predicted molar refractivity (Wildman–Crippen MR) is 115 cm³/mol. The van der Waals surface area contributed by atoms with E-state index in [9.17, 15) is 19.1 Å². The maximum absolute atomic E-state index is 14.5. The molecule has 2 aromatic rings. The number of pyridine rings is 1. The van der Waals surface area contributed by atoms with Crippen LogP contribution in [-0.4, -0.2) is 52.3 Å². The third-order valence-electron chi connectivity index (χ3n) is 5.79. The van der Waals surface area contributed by atoms with Crippen LogP contribution >= 0.6 is 0 Å². The fourth-order valence-corrected chi connectivity index (χ4v) is 3.93. The number of halogens is 1. The van der Waals surface area contributed by atoms with Gasteiger partial charge < -0.3 is 25.2 Å². The van der Waals surface area contributed by atoms with E-state index in [0.717, 1.165) is 12.0 Å². The Kier molecular flexibility index (Phi) is 6.28. The van der Waals surface area contributed by atoms with Gasteiger partial charge in [0.1, 0.15) is 11.4 Å². The first kappa shape index (κ1) is 22.0. The second-order valence-corrected chi connectivity index (χ2v) is 7.86. The molecule has 0 saturated carbocycles. The molecule has 1 aliphatic rings. The van der Waals surface area contributed by atoms with E-state index in [1.165, 1.54) is 27.8 Å². The molecule has 1 aliphatic heterocycles. The number of β-amino-alcohol motifs (C(OH)–C–C–N with tert-alkyl or cyclic N) is 1. The molecule has 1 atom stereocenters. The average Bonchev–Trinajstić information content (AvgIpc) is 2.70. The summed E-state index contributed by atoms with van der Waals surface area (Å²) in [6, 6.07) is 6.00. The van der Waals surface area contributed by atoms with E-state index in [-0.39, 0.29) is 47.5 Å². The lowest BCUT2D eigenvalue weighted by Crippen LogP contribution is -2.71. The number of nitrogens with one attached hydrogen (secondary N) is 2. The minimum atomic E-state index is -0.991. The minimum absolute atomic E-state index is 0.120. The van der Waals surface area contributed by atoms with Crippen molar-refractivity contribution in [2.24, 2.45) is 7.05 Å². The van der Waals surface area contributed by atoms with Crippen LogP contribution in [0, 0.1) is 5.82 Å². The number of anilines is 2. The highest BCUT2D eigenvalue weighted by Crippen LogP contribution is 2.30. The lowest BCUT2D eigenvalue weighted by atomic mass is 9.84. The maximum Gasteiger partial charge on any atom is 0.257 e. The van der Waals surface area contributed by atoms with Crippen LogP contribution in [0.15, 0.2) is 35.3 Å². The van der Waals surface area contributed by atoms with Crippen molar-refractivity contribution in [2.45, 2.75) is 38.3 Å². The summed E-state index contributed by atoms with van der Waals surface area (Å²) in [5.41, 5.74) is 0.221. The smallest absolute Gasteiger partial charge is 0.257 e. The van der Waals surface area contributed by atoms with Gasteiger partial charge in [-0.3, -0.25) is 9.59 Å². The second-order valence-electron chi connectivity index (χ2n) is 7.86. The summed E-state index contributed by atoms with van der Waals surface area (Å²) >= 11 is 0. The summed E-state index contributed by atoms with van der Waals surface area (Å²) in [5, 5.41) is 16.7. The Morgan fingerprint density at radius 2 is 1.97 bits per heavy atom. The third kappa shape index (κ3) is 4.11. The Labute approximate surface area is 175 Å². The zero-order valence-corrected chi connectivity index (χ0v) is 17.8. The molecule has 3 N–H and O–H groups in total. The number of amides is 1. The molecule has 8 heteroatoms. The topological polar surface area (TPSA) is 86.6 Å². The van der Waals surface area contributed by atoms with E-state index < -0.39 is 11.4 Å². The maximum atomic E-state index is 14.5. The molecule has 3 rings (SSSR count). The molecule has 0 spiro atoms. The number of hydrogen-bond acceptors (Lipinski definition) is 5. The van der Waals surface area contributed by atoms with E-state index in [1.807, 2.05) is 13.8 Å². The number of aryl methyl sites for hydroxylation is 2. The van der Waals surface area contributed by atoms with Crippen molar-refractivity contribution in [2.75, 3.05) is 25.5 Å². The molecular formula is C22H29FN4O3. The summed E-state index contributed by atoms with van der Waals surface area (Å²) in [4.78, 5) is 26.8. The molecule has 0 bridgehead atoms. The van der Waals surface area contributed by atoms with Crippen LogP contribution in [-0.2, 0) is 13.5 Å². The van der Waals surface area contributed by atoms with Crippen LogP contribution < -0.4 is 16.2 Å². The van der Waals surface area contributed by atoms with Crippen LogP contribution in [0.3, 0.4) is 0 Å². The third-order valence-corrected chi connectivity index (χ3v) is 5.79. The molecule has 1 amide bonds. The van der Waals surface area contributed by atoms with Crippen LogP contribution in [0.1, 0.15) is 36.2 Å². The van der Waals surface area contributed by atoms with Gasteiger partial charge in [0.25, 0.3) is 11.5 Å². The first-order valence-corrected chi connectivity index (χ1v) is 10.2. The normalized spacial score (nSPS) is 16.1. The molecule has 30 heavy (non-hydrogen) atoms. The molecule has 0 radical (unpaired) electrons. The molecule has 1 unspecified atom stereocenters. The summed E-state index contributed by atoms with van der Waals surface area (Å²) in [5.74, 6) is -0.777. The Bertz CT molecular complexity index is 994. The molecule has 1 fully saturated rings. The van der Waals surface area contributed by atoms with E-state index in [2.05, 4.69) is 10.6 Å². The molecular weight excluding hydrogens is 387 g/mol. The van der Waals surface area contributed by atoms with Gasteiger partial charge in [-0.2, -0.15) is 0 Å². The van der Waals surface area contributed by atoms with Gasteiger partial charge >= 0.3 is 0 Å². The Morgan fingerprint density at radius 3 is 2.53 bits per heavy atom. The zero-order chi connectivity index (χ0) is 22.1. The molecule has 2 heterocycles. The van der Waals surface area contributed by atoms with E-state index >= 15 is 0 Å². The van der Waals surface area contributed by atoms with Crippen LogP contribution in [0.25, 0.3) is 0 Å². The first-order valence-electron chi connectivity index (χ1n) is 10.2. The van der Waals surface area contributed by atoms with Gasteiger partial charge in [-0.05, 0) is 37.6 Å². The Morgan fingerprint density at radius 1 is 1.27 bits per heavy atom. The Hall–Kier alpha value is -2.71. The van der Waals surface area contributed by atoms with Gasteiger partial charge in [0.05, 0.1) is 30.0 Å². The van der Waals surface area contributed by atoms with E-state index in [4.69, 9.17) is 0 Å². The predicted octanol–water partition coefficient (Wildman–Crippen LogP) is 2.02. The molecule has 162 valence electrons. The number of aromatic nitrogens is 1. The van der Waals surface area contributed by atoms with Gasteiger partial charge in [0, 0.05) is 25.4 Å². The first-order chi connectivity index (χ1) is 14.2. The summed E-state index contributed by atoms with van der Waals surface area (Å²) in [7, 11) is 3.34. The van der Waals surface area contributed by atoms with Crippen molar-refractivity contribution in [3.8, 4) is 0 Å². The number of carbonyl (C=O) groups is 1. The number of likely N-dealkylation sites (tertiary alicyclic amines) is 1. The monoisotopic (exact) mass is 416 g/mol. The van der Waals surface area contributed by atoms with E-state index in [0.29, 0.717) is 6.42 Å². The van der Waals surface area contributed by atoms with Gasteiger partial charge in [0.2, 0.25) is 0 Å². The number of aliphatic hydroxyl groups is 1. The summed E-state index contributed by atoms with van der Waals surface area (Å²) in [6.45, 7) is 4.28. The zero-order valence-electron chi connectivity index (χ0n) is 17.8. The van der Waals surface area contributed by atoms with Crippen molar-refractivity contribution in [3.63, 3.8) is 0 Å². The average molecular weight is 416 g/mol. The standard InChI is InChI=1S/C22H29FN4O3/c1-5-14-7-8-17(16(23)9-14)25-18-10-20(28)26(4)11-15(18)21(29)27-12-22(30,13-27)19(6-2)24-3/h7-11,19,24-25,30H,5-6,12-13H2,1-4H3. The number of likely N-dealkylation sites (N-methyl/N-ethyl adjacent to an activating group) is 1. The number of rotatable bonds is 7. The minimum Gasteiger partial charge on any atom is -0.385 e. The van der Waals surface area contributed by atoms with Crippen molar-refractivity contribution in [1.29, 1.82) is 0 Å². The fraction of sp³-hybridized carbons (Fsp3) is 0.455. The molecule has 1 saturated heterocycles. The highest BCUT2D eigenvalue weighted by Gasteiger charge is 2.48. The quantitative estimate of drug-likeness (QED) is 0.643. The number of carbonyl (C=O) groups excluding carboxylic acids is 1. The number of hydrogen-bond donors (Lipinski definition) is 3. The Balaban J connectivity index is 1.88. The van der Waals surface area contributed by atoms with Crippen molar-refractivity contribution < 1.29 is 14.3 Å². The lowest BCUT2D eigenvalue weighted by Gasteiger charge is -2.50. The SMILES string of the molecule is CCc1ccc(Nc2cc(=O)n(C)cc2C(=O)N2CC(O)(C(CC)NC)C2)c(F)c1. The van der Waals surface area contributed by atoms with Crippen molar-refractivity contribution in [1.82, 2.24) is 14.8 Å². The van der Waals surface area contributed by atoms with Gasteiger partial charge in [-0.15, -0.1) is 0 Å². The number of nitrogens with zero attached hydrogens (tertiary/aromatic N) is 2. The molecule has 1 aromatic carbocycles. The van der Waals surface area contributed by atoms with Gasteiger partial charge in [0.15, 0.2) is 0 Å². The lowest BCUT2D eigenvalue weighted by molar-refractivity contribution is -0.103. The molecule has 1 aromatic heterocycles. The molecule has 7 nitrogen and oxygen atoms in total. The van der Waals surface area contributed by atoms with Crippen molar-refractivity contribution in [3.05, 3.63) is 57.8 Å². The van der Waals surface area contributed by atoms with E-state index in [1.54, 1.807) is 26.2 Å². The van der Waals surface area contributed by atoms with Gasteiger partial charge in [-0.1, -0.05) is 19.9 Å². The highest BCUT2D eigenvalue weighted by atomic mass is 19.1. The number of benzene rings is 1. The fourth-order valence-electron chi connectivity index (χ4n) is 3.93. The van der Waals surface area contributed by atoms with Gasteiger partial charge in [-0.25, -0.2) is 4.39 Å². The summed E-state index contributed by atoms with van der Waals surface area (Å²) < 4.78 is 15.8. The van der Waals surface area contributed by atoms with Crippen LogP contribution in [0.5, 0.6) is 0 Å². The largest absolute Gasteiger partial charge is 0.385 e.